The van der Waals surface area contributed by atoms with Crippen LogP contribution in [0.15, 0.2) is 6.07 Å². The second-order valence-electron chi connectivity index (χ2n) is 3.76. The normalized spacial score (nSPS) is 17.4. The molecule has 1 aromatic heterocycles. The van der Waals surface area contributed by atoms with Crippen LogP contribution >= 0.6 is 11.3 Å². The number of thiophene rings is 1. The standard InChI is InChI=1S/C11H16OS/c1-2-4-9(12)11-7-8-5-3-6-10(8)13-11/h7,9,12H,2-6H2,1H3. The van der Waals surface area contributed by atoms with Crippen molar-refractivity contribution < 1.29 is 5.11 Å². The summed E-state index contributed by atoms with van der Waals surface area (Å²) in [6.45, 7) is 2.12. The molecule has 0 aliphatic heterocycles. The maximum absolute atomic E-state index is 9.79. The molecule has 0 radical (unpaired) electrons. The average Bonchev–Trinajstić information content (AvgIpc) is 2.61. The number of aryl methyl sites for hydroxylation is 2. The summed E-state index contributed by atoms with van der Waals surface area (Å²) in [7, 11) is 0. The lowest BCUT2D eigenvalue weighted by atomic mass is 10.1. The molecule has 0 spiro atoms. The molecule has 1 heterocycles. The van der Waals surface area contributed by atoms with Crippen LogP contribution in [0.3, 0.4) is 0 Å². The molecular formula is C11H16OS. The van der Waals surface area contributed by atoms with Crippen molar-refractivity contribution in [2.24, 2.45) is 0 Å². The monoisotopic (exact) mass is 196 g/mol. The molecule has 2 heteroatoms. The highest BCUT2D eigenvalue weighted by Gasteiger charge is 2.17. The maximum atomic E-state index is 9.79. The van der Waals surface area contributed by atoms with Gasteiger partial charge in [0, 0.05) is 9.75 Å². The Kier molecular flexibility index (Phi) is 2.70. The van der Waals surface area contributed by atoms with Gasteiger partial charge in [0.15, 0.2) is 0 Å². The molecular weight excluding hydrogens is 180 g/mol. The minimum absolute atomic E-state index is 0.208. The van der Waals surface area contributed by atoms with Gasteiger partial charge in [0.1, 0.15) is 0 Å². The van der Waals surface area contributed by atoms with E-state index in [-0.39, 0.29) is 6.10 Å². The first-order valence-electron chi connectivity index (χ1n) is 5.10. The van der Waals surface area contributed by atoms with Crippen LogP contribution < -0.4 is 0 Å². The Morgan fingerprint density at radius 3 is 3.08 bits per heavy atom. The molecule has 72 valence electrons. The van der Waals surface area contributed by atoms with Crippen LogP contribution in [0.25, 0.3) is 0 Å². The van der Waals surface area contributed by atoms with Gasteiger partial charge in [-0.2, -0.15) is 0 Å². The van der Waals surface area contributed by atoms with E-state index >= 15 is 0 Å². The van der Waals surface area contributed by atoms with E-state index in [9.17, 15) is 5.11 Å². The Bertz CT molecular complexity index is 269. The highest BCUT2D eigenvalue weighted by atomic mass is 32.1. The Balaban J connectivity index is 2.13. The summed E-state index contributed by atoms with van der Waals surface area (Å²) in [5.74, 6) is 0. The summed E-state index contributed by atoms with van der Waals surface area (Å²) in [5, 5.41) is 9.79. The quantitative estimate of drug-likeness (QED) is 0.787. The van der Waals surface area contributed by atoms with Gasteiger partial charge < -0.3 is 5.11 Å². The molecule has 0 bridgehead atoms. The van der Waals surface area contributed by atoms with Crippen molar-refractivity contribution in [2.75, 3.05) is 0 Å². The third-order valence-corrected chi connectivity index (χ3v) is 3.99. The predicted octanol–water partition coefficient (Wildman–Crippen LogP) is 3.07. The third kappa shape index (κ3) is 1.79. The molecule has 0 aromatic carbocycles. The molecule has 0 amide bonds. The Labute approximate surface area is 83.4 Å². The van der Waals surface area contributed by atoms with Crippen molar-refractivity contribution in [2.45, 2.75) is 45.1 Å². The number of hydrogen-bond donors (Lipinski definition) is 1. The van der Waals surface area contributed by atoms with Gasteiger partial charge in [-0.3, -0.25) is 0 Å². The predicted molar refractivity (Wildman–Crippen MR) is 56.2 cm³/mol. The van der Waals surface area contributed by atoms with Crippen molar-refractivity contribution in [1.82, 2.24) is 0 Å². The van der Waals surface area contributed by atoms with E-state index in [1.54, 1.807) is 0 Å². The van der Waals surface area contributed by atoms with E-state index in [4.69, 9.17) is 0 Å². The molecule has 1 nitrogen and oxygen atoms in total. The Hall–Kier alpha value is -0.340. The van der Waals surface area contributed by atoms with Gasteiger partial charge in [0.2, 0.25) is 0 Å². The van der Waals surface area contributed by atoms with Crippen LogP contribution in [0.1, 0.15) is 47.6 Å². The molecule has 1 aliphatic carbocycles. The minimum atomic E-state index is -0.208. The zero-order valence-electron chi connectivity index (χ0n) is 8.05. The van der Waals surface area contributed by atoms with E-state index in [2.05, 4.69) is 13.0 Å². The number of fused-ring (bicyclic) bond motifs is 1. The lowest BCUT2D eigenvalue weighted by molar-refractivity contribution is 0.170. The molecule has 1 atom stereocenters. The van der Waals surface area contributed by atoms with Crippen molar-refractivity contribution in [3.05, 3.63) is 21.4 Å². The number of hydrogen-bond acceptors (Lipinski definition) is 2. The van der Waals surface area contributed by atoms with Crippen LogP contribution in [0.4, 0.5) is 0 Å². The SMILES string of the molecule is CCCC(O)c1cc2c(s1)CCC2. The summed E-state index contributed by atoms with van der Waals surface area (Å²) < 4.78 is 0. The fraction of sp³-hybridized carbons (Fsp3) is 0.636. The Morgan fingerprint density at radius 1 is 1.54 bits per heavy atom. The number of aliphatic hydroxyl groups excluding tert-OH is 1. The van der Waals surface area contributed by atoms with E-state index in [1.807, 2.05) is 11.3 Å². The van der Waals surface area contributed by atoms with Crippen molar-refractivity contribution >= 4 is 11.3 Å². The van der Waals surface area contributed by atoms with E-state index < -0.39 is 0 Å². The molecule has 1 N–H and O–H groups in total. The second-order valence-corrected chi connectivity index (χ2v) is 4.92. The van der Waals surface area contributed by atoms with Crippen molar-refractivity contribution in [1.29, 1.82) is 0 Å². The topological polar surface area (TPSA) is 20.2 Å². The van der Waals surface area contributed by atoms with Crippen LogP contribution in [-0.4, -0.2) is 5.11 Å². The van der Waals surface area contributed by atoms with Gasteiger partial charge in [0.25, 0.3) is 0 Å². The smallest absolute Gasteiger partial charge is 0.0882 e. The summed E-state index contributed by atoms with van der Waals surface area (Å²) >= 11 is 1.82. The lowest BCUT2D eigenvalue weighted by Crippen LogP contribution is -1.92. The molecule has 0 saturated carbocycles. The van der Waals surface area contributed by atoms with Gasteiger partial charge in [-0.1, -0.05) is 13.3 Å². The van der Waals surface area contributed by atoms with Gasteiger partial charge >= 0.3 is 0 Å². The third-order valence-electron chi connectivity index (χ3n) is 2.66. The van der Waals surface area contributed by atoms with E-state index in [0.29, 0.717) is 0 Å². The average molecular weight is 196 g/mol. The Morgan fingerprint density at radius 2 is 2.38 bits per heavy atom. The van der Waals surface area contributed by atoms with Crippen LogP contribution in [0.2, 0.25) is 0 Å². The summed E-state index contributed by atoms with van der Waals surface area (Å²) in [4.78, 5) is 2.71. The van der Waals surface area contributed by atoms with Gasteiger partial charge in [-0.05, 0) is 37.3 Å². The molecule has 1 aliphatic rings. The first kappa shape index (κ1) is 9.22. The molecule has 13 heavy (non-hydrogen) atoms. The van der Waals surface area contributed by atoms with Crippen molar-refractivity contribution in [3.8, 4) is 0 Å². The summed E-state index contributed by atoms with van der Waals surface area (Å²) in [6, 6.07) is 2.22. The molecule has 0 fully saturated rings. The van der Waals surface area contributed by atoms with Gasteiger partial charge in [-0.25, -0.2) is 0 Å². The van der Waals surface area contributed by atoms with Crippen LogP contribution in [0, 0.1) is 0 Å². The van der Waals surface area contributed by atoms with E-state index in [0.717, 1.165) is 12.8 Å². The first-order valence-corrected chi connectivity index (χ1v) is 5.92. The van der Waals surface area contributed by atoms with Crippen LogP contribution in [-0.2, 0) is 12.8 Å². The molecule has 1 aromatic rings. The number of rotatable bonds is 3. The lowest BCUT2D eigenvalue weighted by Gasteiger charge is -2.05. The first-order chi connectivity index (χ1) is 6.31. The summed E-state index contributed by atoms with van der Waals surface area (Å²) in [5.41, 5.74) is 1.50. The molecule has 0 saturated heterocycles. The summed E-state index contributed by atoms with van der Waals surface area (Å²) in [6.07, 6.45) is 5.53. The number of aliphatic hydroxyl groups is 1. The molecule has 2 rings (SSSR count). The molecule has 1 unspecified atom stereocenters. The fourth-order valence-electron chi connectivity index (χ4n) is 1.93. The largest absolute Gasteiger partial charge is 0.388 e. The van der Waals surface area contributed by atoms with Crippen LogP contribution in [0.5, 0.6) is 0 Å². The maximum Gasteiger partial charge on any atom is 0.0882 e. The van der Waals surface area contributed by atoms with E-state index in [1.165, 1.54) is 34.6 Å². The zero-order valence-corrected chi connectivity index (χ0v) is 8.86. The minimum Gasteiger partial charge on any atom is -0.388 e. The van der Waals surface area contributed by atoms with Gasteiger partial charge in [0.05, 0.1) is 6.10 Å². The van der Waals surface area contributed by atoms with Gasteiger partial charge in [-0.15, -0.1) is 11.3 Å². The highest BCUT2D eigenvalue weighted by molar-refractivity contribution is 7.12. The van der Waals surface area contributed by atoms with Crippen molar-refractivity contribution in [3.63, 3.8) is 0 Å². The second kappa shape index (κ2) is 3.81. The zero-order chi connectivity index (χ0) is 9.26. The highest BCUT2D eigenvalue weighted by Crippen LogP contribution is 2.34. The fourth-order valence-corrected chi connectivity index (χ4v) is 3.21.